The van der Waals surface area contributed by atoms with Gasteiger partial charge in [0.1, 0.15) is 5.65 Å². The van der Waals surface area contributed by atoms with Crippen molar-refractivity contribution in [2.24, 2.45) is 0 Å². The monoisotopic (exact) mass is 304 g/mol. The molecule has 0 bridgehead atoms. The number of nitrogens with zero attached hydrogens (tertiary/aromatic N) is 1. The van der Waals surface area contributed by atoms with Gasteiger partial charge in [0.25, 0.3) is 0 Å². The van der Waals surface area contributed by atoms with E-state index in [1.807, 2.05) is 0 Å². The molecule has 1 N–H and O–H groups in total. The molecule has 4 aromatic rings. The molecule has 4 rings (SSSR count). The Morgan fingerprint density at radius 1 is 0.955 bits per heavy atom. The Labute approximate surface area is 131 Å². The van der Waals surface area contributed by atoms with Crippen molar-refractivity contribution in [3.05, 3.63) is 48.0 Å². The van der Waals surface area contributed by atoms with E-state index in [1.54, 1.807) is 0 Å². The zero-order valence-corrected chi connectivity index (χ0v) is 14.5. The quantitative estimate of drug-likeness (QED) is 0.506. The van der Waals surface area contributed by atoms with E-state index in [1.165, 1.54) is 32.4 Å². The summed E-state index contributed by atoms with van der Waals surface area (Å²) in [6.07, 6.45) is 0. The van der Waals surface area contributed by atoms with Gasteiger partial charge in [0.2, 0.25) is 0 Å². The highest BCUT2D eigenvalue weighted by atomic mass is 28.3. The summed E-state index contributed by atoms with van der Waals surface area (Å²) < 4.78 is 0. The van der Waals surface area contributed by atoms with Crippen LogP contribution in [0.15, 0.2) is 42.5 Å². The standard InChI is InChI=1S/C19H20N2Si/c1-12-9-10-16-14(11-12)18(22(2,3)4)17-13-7-5-6-8-15(13)20-19(17)21-16/h5-11H,1-4H3,(H,20,21). The van der Waals surface area contributed by atoms with E-state index in [4.69, 9.17) is 4.98 Å². The maximum absolute atomic E-state index is 4.90. The third kappa shape index (κ3) is 1.89. The molecule has 2 nitrogen and oxygen atoms in total. The average Bonchev–Trinajstić information content (AvgIpc) is 2.81. The van der Waals surface area contributed by atoms with Crippen LogP contribution in [0.5, 0.6) is 0 Å². The van der Waals surface area contributed by atoms with Crippen LogP contribution in [-0.2, 0) is 0 Å². The van der Waals surface area contributed by atoms with Crippen LogP contribution >= 0.6 is 0 Å². The number of pyridine rings is 1. The molecule has 2 aromatic heterocycles. The van der Waals surface area contributed by atoms with Crippen molar-refractivity contribution in [1.29, 1.82) is 0 Å². The molecule has 0 aliphatic carbocycles. The molecule has 0 atom stereocenters. The molecule has 2 heterocycles. The molecule has 0 aliphatic rings. The van der Waals surface area contributed by atoms with Gasteiger partial charge in [-0.15, -0.1) is 0 Å². The van der Waals surface area contributed by atoms with Crippen LogP contribution < -0.4 is 5.19 Å². The smallest absolute Gasteiger partial charge is 0.138 e. The Morgan fingerprint density at radius 3 is 2.50 bits per heavy atom. The van der Waals surface area contributed by atoms with E-state index in [9.17, 15) is 0 Å². The lowest BCUT2D eigenvalue weighted by molar-refractivity contribution is 1.39. The summed E-state index contributed by atoms with van der Waals surface area (Å²) in [5.41, 5.74) is 4.60. The summed E-state index contributed by atoms with van der Waals surface area (Å²) in [5.74, 6) is 0. The van der Waals surface area contributed by atoms with Crippen molar-refractivity contribution in [3.63, 3.8) is 0 Å². The van der Waals surface area contributed by atoms with Crippen LogP contribution in [0.25, 0.3) is 32.8 Å². The van der Waals surface area contributed by atoms with Crippen molar-refractivity contribution in [1.82, 2.24) is 9.97 Å². The molecule has 0 amide bonds. The first-order valence-corrected chi connectivity index (χ1v) is 11.3. The van der Waals surface area contributed by atoms with E-state index in [-0.39, 0.29) is 0 Å². The van der Waals surface area contributed by atoms with Gasteiger partial charge in [0, 0.05) is 21.7 Å². The highest BCUT2D eigenvalue weighted by Gasteiger charge is 2.25. The van der Waals surface area contributed by atoms with Crippen molar-refractivity contribution in [2.45, 2.75) is 26.6 Å². The topological polar surface area (TPSA) is 28.7 Å². The Bertz CT molecular complexity index is 1020. The predicted octanol–water partition coefficient (Wildman–Crippen LogP) is 4.72. The fourth-order valence-corrected chi connectivity index (χ4v) is 5.46. The van der Waals surface area contributed by atoms with Gasteiger partial charge in [0.05, 0.1) is 13.6 Å². The number of aromatic amines is 1. The van der Waals surface area contributed by atoms with Gasteiger partial charge in [-0.25, -0.2) is 4.98 Å². The van der Waals surface area contributed by atoms with Crippen LogP contribution in [0, 0.1) is 6.92 Å². The lowest BCUT2D eigenvalue weighted by Crippen LogP contribution is -2.39. The fraction of sp³-hybridized carbons (Fsp3) is 0.211. The van der Waals surface area contributed by atoms with Gasteiger partial charge in [0.15, 0.2) is 0 Å². The molecule has 0 unspecified atom stereocenters. The fourth-order valence-electron chi connectivity index (χ4n) is 3.45. The Kier molecular flexibility index (Phi) is 2.72. The van der Waals surface area contributed by atoms with Crippen LogP contribution in [0.2, 0.25) is 19.6 Å². The highest BCUT2D eigenvalue weighted by Crippen LogP contribution is 2.28. The first kappa shape index (κ1) is 13.5. The van der Waals surface area contributed by atoms with E-state index in [0.29, 0.717) is 0 Å². The summed E-state index contributed by atoms with van der Waals surface area (Å²) in [6.45, 7) is 9.43. The number of aromatic nitrogens is 2. The molecule has 0 radical (unpaired) electrons. The minimum absolute atomic E-state index is 1.02. The van der Waals surface area contributed by atoms with Crippen LogP contribution in [-0.4, -0.2) is 18.0 Å². The number of fused-ring (bicyclic) bond motifs is 4. The number of hydrogen-bond acceptors (Lipinski definition) is 1. The summed E-state index contributed by atoms with van der Waals surface area (Å²) in [5, 5.41) is 5.48. The third-order valence-electron chi connectivity index (χ3n) is 4.34. The van der Waals surface area contributed by atoms with Gasteiger partial charge in [-0.1, -0.05) is 49.5 Å². The zero-order chi connectivity index (χ0) is 15.5. The maximum Gasteiger partial charge on any atom is 0.138 e. The van der Waals surface area contributed by atoms with Gasteiger partial charge < -0.3 is 4.98 Å². The number of rotatable bonds is 1. The number of benzene rings is 2. The molecule has 3 heteroatoms. The van der Waals surface area contributed by atoms with Crippen LogP contribution in [0.1, 0.15) is 5.56 Å². The van der Waals surface area contributed by atoms with Crippen molar-refractivity contribution >= 4 is 46.1 Å². The zero-order valence-electron chi connectivity index (χ0n) is 13.5. The van der Waals surface area contributed by atoms with Gasteiger partial charge in [-0.3, -0.25) is 0 Å². The maximum atomic E-state index is 4.90. The predicted molar refractivity (Wildman–Crippen MR) is 98.8 cm³/mol. The average molecular weight is 304 g/mol. The van der Waals surface area contributed by atoms with E-state index in [0.717, 1.165) is 11.2 Å². The summed E-state index contributed by atoms with van der Waals surface area (Å²) in [4.78, 5) is 8.41. The molecule has 0 fully saturated rings. The van der Waals surface area contributed by atoms with Crippen LogP contribution in [0.3, 0.4) is 0 Å². The molecule has 110 valence electrons. The number of aryl methyl sites for hydroxylation is 1. The summed E-state index contributed by atoms with van der Waals surface area (Å²) in [7, 11) is -1.53. The minimum Gasteiger partial charge on any atom is -0.339 e. The second-order valence-electron chi connectivity index (χ2n) is 7.15. The molecule has 2 aromatic carbocycles. The number of para-hydroxylation sites is 1. The van der Waals surface area contributed by atoms with Gasteiger partial charge in [-0.05, 0) is 30.3 Å². The molecule has 0 saturated heterocycles. The molecular weight excluding hydrogens is 284 g/mol. The second kappa shape index (κ2) is 4.43. The normalized spacial score (nSPS) is 12.5. The molecule has 0 spiro atoms. The van der Waals surface area contributed by atoms with E-state index >= 15 is 0 Å². The first-order valence-electron chi connectivity index (χ1n) is 7.76. The SMILES string of the molecule is Cc1ccc2nc3[nH]c4ccccc4c3c([Si](C)(C)C)c2c1. The van der Waals surface area contributed by atoms with Crippen molar-refractivity contribution in [2.75, 3.05) is 0 Å². The van der Waals surface area contributed by atoms with Crippen molar-refractivity contribution in [3.8, 4) is 0 Å². The molecule has 0 saturated carbocycles. The first-order chi connectivity index (χ1) is 10.4. The largest absolute Gasteiger partial charge is 0.339 e. The molecular formula is C19H20N2Si. The number of hydrogen-bond donors (Lipinski definition) is 1. The summed E-state index contributed by atoms with van der Waals surface area (Å²) in [6, 6.07) is 15.1. The van der Waals surface area contributed by atoms with Crippen LogP contribution in [0.4, 0.5) is 0 Å². The van der Waals surface area contributed by atoms with Gasteiger partial charge >= 0.3 is 0 Å². The number of nitrogens with one attached hydrogen (secondary N) is 1. The summed E-state index contributed by atoms with van der Waals surface area (Å²) >= 11 is 0. The Morgan fingerprint density at radius 2 is 1.73 bits per heavy atom. The third-order valence-corrected chi connectivity index (χ3v) is 6.36. The molecule has 22 heavy (non-hydrogen) atoms. The second-order valence-corrected chi connectivity index (χ2v) is 12.2. The number of H-pyrrole nitrogens is 1. The minimum atomic E-state index is -1.53. The lowest BCUT2D eigenvalue weighted by Gasteiger charge is -2.21. The highest BCUT2D eigenvalue weighted by molar-refractivity contribution is 6.92. The Hall–Kier alpha value is -2.13. The molecule has 0 aliphatic heterocycles. The van der Waals surface area contributed by atoms with E-state index < -0.39 is 8.07 Å². The Balaban J connectivity index is 2.34. The lowest BCUT2D eigenvalue weighted by atomic mass is 10.1. The van der Waals surface area contributed by atoms with Crippen molar-refractivity contribution < 1.29 is 0 Å². The van der Waals surface area contributed by atoms with Gasteiger partial charge in [-0.2, -0.15) is 0 Å². The van der Waals surface area contributed by atoms with E-state index in [2.05, 4.69) is 74.0 Å².